The van der Waals surface area contributed by atoms with E-state index in [-0.39, 0.29) is 11.2 Å². The normalized spacial score (nSPS) is 31.1. The van der Waals surface area contributed by atoms with Gasteiger partial charge in [-0.1, -0.05) is 12.1 Å². The van der Waals surface area contributed by atoms with E-state index in [9.17, 15) is 13.2 Å². The summed E-state index contributed by atoms with van der Waals surface area (Å²) < 4.78 is 39.8. The van der Waals surface area contributed by atoms with Gasteiger partial charge in [0, 0.05) is 12.0 Å². The van der Waals surface area contributed by atoms with Gasteiger partial charge in [-0.3, -0.25) is 0 Å². The largest absolute Gasteiger partial charge is 0.573 e. The van der Waals surface area contributed by atoms with Gasteiger partial charge in [0.2, 0.25) is 0 Å². The maximum Gasteiger partial charge on any atom is 0.573 e. The molecule has 1 aliphatic carbocycles. The van der Waals surface area contributed by atoms with Crippen LogP contribution in [-0.4, -0.2) is 19.5 Å². The third kappa shape index (κ3) is 1.88. The van der Waals surface area contributed by atoms with Crippen LogP contribution in [0.3, 0.4) is 0 Å². The van der Waals surface area contributed by atoms with Crippen LogP contribution in [0, 0.1) is 5.92 Å². The van der Waals surface area contributed by atoms with Crippen molar-refractivity contribution in [1.82, 2.24) is 5.32 Å². The van der Waals surface area contributed by atoms with Crippen LogP contribution in [-0.2, 0) is 5.41 Å². The van der Waals surface area contributed by atoms with Gasteiger partial charge in [-0.25, -0.2) is 0 Å². The maximum absolute atomic E-state index is 12.0. The second kappa shape index (κ2) is 3.38. The van der Waals surface area contributed by atoms with Crippen molar-refractivity contribution >= 4 is 0 Å². The fourth-order valence-electron chi connectivity index (χ4n) is 2.78. The van der Waals surface area contributed by atoms with Crippen molar-refractivity contribution in [2.45, 2.75) is 18.2 Å². The number of benzene rings is 1. The summed E-state index contributed by atoms with van der Waals surface area (Å²) in [7, 11) is 0. The SMILES string of the molecule is FC(F)(F)Oc1ccc([C@]23CNC[C@H]2C3)cc1. The fourth-order valence-corrected chi connectivity index (χ4v) is 2.78. The van der Waals surface area contributed by atoms with Gasteiger partial charge in [-0.05, 0) is 36.6 Å². The molecule has 2 fully saturated rings. The number of rotatable bonds is 2. The molecule has 2 nitrogen and oxygen atoms in total. The lowest BCUT2D eigenvalue weighted by atomic mass is 9.95. The first kappa shape index (κ1) is 10.9. The lowest BCUT2D eigenvalue weighted by Crippen LogP contribution is -2.19. The second-order valence-electron chi connectivity index (χ2n) is 4.76. The van der Waals surface area contributed by atoms with E-state index in [0.717, 1.165) is 25.1 Å². The Morgan fingerprint density at radius 1 is 1.24 bits per heavy atom. The molecule has 17 heavy (non-hydrogen) atoms. The summed E-state index contributed by atoms with van der Waals surface area (Å²) in [6, 6.07) is 6.28. The molecule has 2 atom stereocenters. The summed E-state index contributed by atoms with van der Waals surface area (Å²) in [5.41, 5.74) is 1.29. The number of nitrogens with one attached hydrogen (secondary N) is 1. The number of ether oxygens (including phenoxy) is 1. The van der Waals surface area contributed by atoms with Gasteiger partial charge in [-0.15, -0.1) is 13.2 Å². The van der Waals surface area contributed by atoms with Crippen LogP contribution in [0.5, 0.6) is 5.75 Å². The topological polar surface area (TPSA) is 21.3 Å². The van der Waals surface area contributed by atoms with Crippen LogP contribution in [0.4, 0.5) is 13.2 Å². The van der Waals surface area contributed by atoms with Crippen LogP contribution < -0.4 is 10.1 Å². The van der Waals surface area contributed by atoms with E-state index in [1.165, 1.54) is 12.1 Å². The molecular formula is C12H12F3NO. The quantitative estimate of drug-likeness (QED) is 0.861. The Labute approximate surface area is 96.8 Å². The number of halogens is 3. The summed E-state index contributed by atoms with van der Waals surface area (Å²) in [5.74, 6) is 0.498. The van der Waals surface area contributed by atoms with E-state index in [1.807, 2.05) is 0 Å². The summed E-state index contributed by atoms with van der Waals surface area (Å²) >= 11 is 0. The highest BCUT2D eigenvalue weighted by Gasteiger charge is 2.57. The summed E-state index contributed by atoms with van der Waals surface area (Å²) in [6.45, 7) is 1.94. The number of hydrogen-bond donors (Lipinski definition) is 1. The maximum atomic E-state index is 12.0. The molecule has 92 valence electrons. The molecule has 0 bridgehead atoms. The fraction of sp³-hybridized carbons (Fsp3) is 0.500. The molecular weight excluding hydrogens is 231 g/mol. The molecule has 5 heteroatoms. The average Bonchev–Trinajstić information content (AvgIpc) is 2.80. The molecule has 1 heterocycles. The average molecular weight is 243 g/mol. The molecule has 1 saturated carbocycles. The zero-order valence-electron chi connectivity index (χ0n) is 9.05. The monoisotopic (exact) mass is 243 g/mol. The van der Waals surface area contributed by atoms with Crippen molar-refractivity contribution in [2.24, 2.45) is 5.92 Å². The van der Waals surface area contributed by atoms with Crippen molar-refractivity contribution in [2.75, 3.05) is 13.1 Å². The number of fused-ring (bicyclic) bond motifs is 1. The predicted molar refractivity (Wildman–Crippen MR) is 55.8 cm³/mol. The third-order valence-corrected chi connectivity index (χ3v) is 3.73. The molecule has 0 radical (unpaired) electrons. The highest BCUT2D eigenvalue weighted by molar-refractivity contribution is 5.40. The minimum atomic E-state index is -4.61. The number of piperidine rings is 1. The van der Waals surface area contributed by atoms with Crippen molar-refractivity contribution in [3.63, 3.8) is 0 Å². The van der Waals surface area contributed by atoms with Gasteiger partial charge in [0.1, 0.15) is 5.75 Å². The first-order valence-electron chi connectivity index (χ1n) is 5.57. The van der Waals surface area contributed by atoms with Crippen LogP contribution in [0.1, 0.15) is 12.0 Å². The standard InChI is InChI=1S/C12H12F3NO/c13-12(14,15)17-10-3-1-8(2-4-10)11-5-9(11)6-16-7-11/h1-4,9,16H,5-7H2/t9-,11+/m1/s1. The zero-order chi connectivity index (χ0) is 12.1. The van der Waals surface area contributed by atoms with Crippen LogP contribution in [0.15, 0.2) is 24.3 Å². The predicted octanol–water partition coefficient (Wildman–Crippen LogP) is 2.45. The molecule has 1 saturated heterocycles. The highest BCUT2D eigenvalue weighted by Crippen LogP contribution is 2.56. The molecule has 0 unspecified atom stereocenters. The van der Waals surface area contributed by atoms with Gasteiger partial charge in [0.15, 0.2) is 0 Å². The van der Waals surface area contributed by atoms with Crippen molar-refractivity contribution < 1.29 is 17.9 Å². The van der Waals surface area contributed by atoms with Crippen LogP contribution >= 0.6 is 0 Å². The first-order chi connectivity index (χ1) is 8.00. The summed E-state index contributed by atoms with van der Waals surface area (Å²) in [6.07, 6.45) is -3.48. The van der Waals surface area contributed by atoms with E-state index in [1.54, 1.807) is 12.1 Å². The Balaban J connectivity index is 1.77. The van der Waals surface area contributed by atoms with Gasteiger partial charge >= 0.3 is 6.36 Å². The number of alkyl halides is 3. The Morgan fingerprint density at radius 2 is 1.94 bits per heavy atom. The van der Waals surface area contributed by atoms with Gasteiger partial charge in [0.25, 0.3) is 0 Å². The Kier molecular flexibility index (Phi) is 2.17. The molecule has 1 aliphatic heterocycles. The Hall–Kier alpha value is -1.23. The number of hydrogen-bond acceptors (Lipinski definition) is 2. The summed E-state index contributed by atoms with van der Waals surface area (Å²) in [5, 5.41) is 3.30. The molecule has 1 aromatic carbocycles. The molecule has 0 spiro atoms. The van der Waals surface area contributed by atoms with Gasteiger partial charge in [-0.2, -0.15) is 0 Å². The molecule has 2 aliphatic rings. The Bertz CT molecular complexity index is 428. The zero-order valence-corrected chi connectivity index (χ0v) is 9.05. The van der Waals surface area contributed by atoms with Gasteiger partial charge in [0.05, 0.1) is 0 Å². The minimum absolute atomic E-state index is 0.152. The molecule has 1 N–H and O–H groups in total. The molecule has 0 aromatic heterocycles. The first-order valence-corrected chi connectivity index (χ1v) is 5.57. The second-order valence-corrected chi connectivity index (χ2v) is 4.76. The molecule has 3 rings (SSSR count). The highest BCUT2D eigenvalue weighted by atomic mass is 19.4. The van der Waals surface area contributed by atoms with Crippen LogP contribution in [0.25, 0.3) is 0 Å². The van der Waals surface area contributed by atoms with E-state index in [0.29, 0.717) is 5.92 Å². The van der Waals surface area contributed by atoms with E-state index in [4.69, 9.17) is 0 Å². The molecule has 1 aromatic rings. The van der Waals surface area contributed by atoms with Crippen molar-refractivity contribution in [3.05, 3.63) is 29.8 Å². The smallest absolute Gasteiger partial charge is 0.406 e. The lowest BCUT2D eigenvalue weighted by molar-refractivity contribution is -0.274. The third-order valence-electron chi connectivity index (χ3n) is 3.73. The van der Waals surface area contributed by atoms with E-state index in [2.05, 4.69) is 10.1 Å². The van der Waals surface area contributed by atoms with Crippen molar-refractivity contribution in [1.29, 1.82) is 0 Å². The minimum Gasteiger partial charge on any atom is -0.406 e. The van der Waals surface area contributed by atoms with E-state index >= 15 is 0 Å². The van der Waals surface area contributed by atoms with E-state index < -0.39 is 6.36 Å². The van der Waals surface area contributed by atoms with Gasteiger partial charge < -0.3 is 10.1 Å². The van der Waals surface area contributed by atoms with Crippen molar-refractivity contribution in [3.8, 4) is 5.75 Å². The summed E-state index contributed by atoms with van der Waals surface area (Å²) in [4.78, 5) is 0. The lowest BCUT2D eigenvalue weighted by Gasteiger charge is -2.14. The molecule has 0 amide bonds. The Morgan fingerprint density at radius 3 is 2.41 bits per heavy atom. The van der Waals surface area contributed by atoms with Crippen LogP contribution in [0.2, 0.25) is 0 Å².